The molecule has 2 heterocycles. The maximum Gasteiger partial charge on any atom is 0.358 e. The van der Waals surface area contributed by atoms with Gasteiger partial charge in [0.25, 0.3) is 5.56 Å². The molecule has 2 aromatic heterocycles. The molecule has 4 aromatic rings. The molecule has 0 bridgehead atoms. The van der Waals surface area contributed by atoms with Crippen molar-refractivity contribution in [3.8, 4) is 5.75 Å². The summed E-state index contributed by atoms with van der Waals surface area (Å²) in [6.45, 7) is 1.61. The molecule has 0 unspecified atom stereocenters. The van der Waals surface area contributed by atoms with Gasteiger partial charge >= 0.3 is 5.97 Å². The summed E-state index contributed by atoms with van der Waals surface area (Å²) in [5.41, 5.74) is 0.797. The van der Waals surface area contributed by atoms with E-state index in [9.17, 15) is 19.5 Å². The molecular formula is C23H20N2O5. The largest absolute Gasteiger partial charge is 0.505 e. The Morgan fingerprint density at radius 2 is 1.70 bits per heavy atom. The second-order valence-corrected chi connectivity index (χ2v) is 6.90. The molecule has 152 valence electrons. The van der Waals surface area contributed by atoms with Gasteiger partial charge in [-0.1, -0.05) is 48.5 Å². The van der Waals surface area contributed by atoms with E-state index >= 15 is 0 Å². The standard InChI is InChI=1S/C23H20N2O5/c1-3-30-23(29)20-21(27)18-19(24(20)2)15-11-7-8-12-16(15)25(22(18)28)13-17(26)14-9-5-4-6-10-14/h4-12,27H,3,13H2,1-2H3. The minimum Gasteiger partial charge on any atom is -0.505 e. The van der Waals surface area contributed by atoms with Crippen LogP contribution in [0.5, 0.6) is 5.75 Å². The summed E-state index contributed by atoms with van der Waals surface area (Å²) in [5, 5.41) is 11.4. The molecule has 1 N–H and O–H groups in total. The highest BCUT2D eigenvalue weighted by Crippen LogP contribution is 2.34. The third-order valence-electron chi connectivity index (χ3n) is 5.14. The van der Waals surface area contributed by atoms with Gasteiger partial charge in [0.2, 0.25) is 0 Å². The minimum atomic E-state index is -0.718. The van der Waals surface area contributed by atoms with Gasteiger partial charge in [-0.2, -0.15) is 0 Å². The van der Waals surface area contributed by atoms with E-state index in [1.807, 2.05) is 6.07 Å². The van der Waals surface area contributed by atoms with Gasteiger partial charge in [-0.15, -0.1) is 0 Å². The Morgan fingerprint density at radius 3 is 2.40 bits per heavy atom. The number of Topliss-reactive ketones (excluding diaryl/α,β-unsaturated/α-hetero) is 1. The number of aromatic hydroxyl groups is 1. The fourth-order valence-electron chi connectivity index (χ4n) is 3.79. The molecule has 4 rings (SSSR count). The number of hydrogen-bond acceptors (Lipinski definition) is 5. The first-order valence-corrected chi connectivity index (χ1v) is 9.54. The minimum absolute atomic E-state index is 0.0138. The summed E-state index contributed by atoms with van der Waals surface area (Å²) in [7, 11) is 1.60. The molecule has 2 aromatic carbocycles. The zero-order valence-electron chi connectivity index (χ0n) is 16.6. The number of aromatic nitrogens is 2. The summed E-state index contributed by atoms with van der Waals surface area (Å²) in [5.74, 6) is -1.39. The van der Waals surface area contributed by atoms with Gasteiger partial charge in [0.15, 0.2) is 17.2 Å². The van der Waals surface area contributed by atoms with Gasteiger partial charge in [-0.25, -0.2) is 4.79 Å². The quantitative estimate of drug-likeness (QED) is 0.407. The third-order valence-corrected chi connectivity index (χ3v) is 5.14. The molecule has 0 atom stereocenters. The highest BCUT2D eigenvalue weighted by atomic mass is 16.5. The van der Waals surface area contributed by atoms with E-state index < -0.39 is 17.3 Å². The number of carbonyl (C=O) groups excluding carboxylic acids is 2. The van der Waals surface area contributed by atoms with Crippen LogP contribution in [0.3, 0.4) is 0 Å². The van der Waals surface area contributed by atoms with Crippen molar-refractivity contribution in [2.75, 3.05) is 6.61 Å². The number of ether oxygens (including phenoxy) is 1. The molecule has 0 aliphatic heterocycles. The third kappa shape index (κ3) is 2.95. The molecule has 7 nitrogen and oxygen atoms in total. The van der Waals surface area contributed by atoms with Crippen LogP contribution in [0.1, 0.15) is 27.8 Å². The van der Waals surface area contributed by atoms with Crippen LogP contribution in [-0.4, -0.2) is 32.6 Å². The van der Waals surface area contributed by atoms with E-state index in [-0.39, 0.29) is 30.0 Å². The second kappa shape index (κ2) is 7.51. The lowest BCUT2D eigenvalue weighted by atomic mass is 10.1. The summed E-state index contributed by atoms with van der Waals surface area (Å²) in [4.78, 5) is 38.5. The van der Waals surface area contributed by atoms with Crippen LogP contribution in [0.25, 0.3) is 21.8 Å². The van der Waals surface area contributed by atoms with Gasteiger partial charge in [0, 0.05) is 18.0 Å². The zero-order chi connectivity index (χ0) is 21.4. The molecule has 0 amide bonds. The van der Waals surface area contributed by atoms with Crippen molar-refractivity contribution in [3.63, 3.8) is 0 Å². The van der Waals surface area contributed by atoms with E-state index in [1.165, 1.54) is 9.13 Å². The smallest absolute Gasteiger partial charge is 0.358 e. The number of pyridine rings is 1. The van der Waals surface area contributed by atoms with Gasteiger partial charge in [0.05, 0.1) is 24.2 Å². The van der Waals surface area contributed by atoms with E-state index in [0.717, 1.165) is 0 Å². The van der Waals surface area contributed by atoms with E-state index in [2.05, 4.69) is 0 Å². The number of fused-ring (bicyclic) bond motifs is 3. The van der Waals surface area contributed by atoms with E-state index in [1.54, 1.807) is 62.5 Å². The van der Waals surface area contributed by atoms with Crippen molar-refractivity contribution in [1.29, 1.82) is 0 Å². The van der Waals surface area contributed by atoms with Crippen LogP contribution in [-0.2, 0) is 18.3 Å². The molecule has 0 saturated heterocycles. The Balaban J connectivity index is 2.01. The Bertz CT molecular complexity index is 1350. The van der Waals surface area contributed by atoms with Crippen LogP contribution in [0.4, 0.5) is 0 Å². The second-order valence-electron chi connectivity index (χ2n) is 6.90. The Labute approximate surface area is 171 Å². The van der Waals surface area contributed by atoms with Crippen molar-refractivity contribution in [2.45, 2.75) is 13.5 Å². The number of para-hydroxylation sites is 1. The molecule has 0 aliphatic rings. The number of carbonyl (C=O) groups is 2. The topological polar surface area (TPSA) is 90.5 Å². The van der Waals surface area contributed by atoms with E-state index in [4.69, 9.17) is 4.74 Å². The van der Waals surface area contributed by atoms with Crippen molar-refractivity contribution < 1.29 is 19.4 Å². The average Bonchev–Trinajstić information content (AvgIpc) is 3.02. The molecule has 0 spiro atoms. The van der Waals surface area contributed by atoms with Crippen molar-refractivity contribution >= 4 is 33.6 Å². The van der Waals surface area contributed by atoms with Crippen molar-refractivity contribution in [2.24, 2.45) is 7.05 Å². The SMILES string of the molecule is CCOC(=O)c1c(O)c2c(=O)n(CC(=O)c3ccccc3)c3ccccc3c2n1C. The number of ketones is 1. The van der Waals surface area contributed by atoms with Crippen LogP contribution >= 0.6 is 0 Å². The number of hydrogen-bond donors (Lipinski definition) is 1. The van der Waals surface area contributed by atoms with Crippen LogP contribution in [0.15, 0.2) is 59.4 Å². The number of nitrogens with zero attached hydrogens (tertiary/aromatic N) is 2. The highest BCUT2D eigenvalue weighted by molar-refractivity contribution is 6.11. The van der Waals surface area contributed by atoms with Crippen molar-refractivity contribution in [1.82, 2.24) is 9.13 Å². The van der Waals surface area contributed by atoms with E-state index in [0.29, 0.717) is 22.0 Å². The fraction of sp³-hybridized carbons (Fsp3) is 0.174. The average molecular weight is 404 g/mol. The maximum absolute atomic E-state index is 13.4. The first kappa shape index (κ1) is 19.4. The Morgan fingerprint density at radius 1 is 1.03 bits per heavy atom. The molecule has 30 heavy (non-hydrogen) atoms. The van der Waals surface area contributed by atoms with Gasteiger partial charge in [-0.3, -0.25) is 14.2 Å². The Kier molecular flexibility index (Phi) is 4.87. The molecular weight excluding hydrogens is 384 g/mol. The molecule has 0 fully saturated rings. The zero-order valence-corrected chi connectivity index (χ0v) is 16.6. The number of esters is 1. The molecule has 0 radical (unpaired) electrons. The normalized spacial score (nSPS) is 11.1. The van der Waals surface area contributed by atoms with Crippen LogP contribution in [0.2, 0.25) is 0 Å². The summed E-state index contributed by atoms with van der Waals surface area (Å²) in [6, 6.07) is 15.8. The molecule has 7 heteroatoms. The Hall–Kier alpha value is -3.87. The predicted molar refractivity (Wildman–Crippen MR) is 113 cm³/mol. The van der Waals surface area contributed by atoms with Gasteiger partial charge in [0.1, 0.15) is 5.39 Å². The summed E-state index contributed by atoms with van der Waals surface area (Å²) in [6.07, 6.45) is 0. The first-order chi connectivity index (χ1) is 14.5. The lowest BCUT2D eigenvalue weighted by Crippen LogP contribution is -2.25. The number of aryl methyl sites for hydroxylation is 1. The molecule has 0 saturated carbocycles. The van der Waals surface area contributed by atoms with Gasteiger partial charge < -0.3 is 14.4 Å². The fourth-order valence-corrected chi connectivity index (χ4v) is 3.79. The molecule has 0 aliphatic carbocycles. The predicted octanol–water partition coefficient (Wildman–Crippen LogP) is 3.26. The number of rotatable bonds is 5. The van der Waals surface area contributed by atoms with Gasteiger partial charge in [-0.05, 0) is 13.0 Å². The van der Waals surface area contributed by atoms with Crippen LogP contribution < -0.4 is 5.56 Å². The van der Waals surface area contributed by atoms with Crippen LogP contribution in [0, 0.1) is 0 Å². The first-order valence-electron chi connectivity index (χ1n) is 9.54. The number of benzene rings is 2. The lowest BCUT2D eigenvalue weighted by molar-refractivity contribution is 0.0512. The summed E-state index contributed by atoms with van der Waals surface area (Å²) < 4.78 is 7.84. The monoisotopic (exact) mass is 404 g/mol. The lowest BCUT2D eigenvalue weighted by Gasteiger charge is -2.12. The highest BCUT2D eigenvalue weighted by Gasteiger charge is 2.27. The van der Waals surface area contributed by atoms with Crippen molar-refractivity contribution in [3.05, 3.63) is 76.2 Å². The summed E-state index contributed by atoms with van der Waals surface area (Å²) >= 11 is 0. The maximum atomic E-state index is 13.4.